The number of carbonyl (C=O) groups is 1. The Bertz CT molecular complexity index is 1140. The first-order chi connectivity index (χ1) is 14.3. The van der Waals surface area contributed by atoms with Gasteiger partial charge in [0.2, 0.25) is 10.0 Å². The van der Waals surface area contributed by atoms with E-state index in [2.05, 4.69) is 5.32 Å². The number of hydrogen-bond acceptors (Lipinski definition) is 4. The van der Waals surface area contributed by atoms with E-state index in [4.69, 9.17) is 4.74 Å². The number of anilines is 1. The Kier molecular flexibility index (Phi) is 6.54. The van der Waals surface area contributed by atoms with E-state index in [1.54, 1.807) is 48.5 Å². The normalized spacial score (nSPS) is 11.3. The average Bonchev–Trinajstić information content (AvgIpc) is 2.75. The number of sulfonamides is 1. The molecular formula is C23H24N2O4S. The van der Waals surface area contributed by atoms with Crippen molar-refractivity contribution in [3.8, 4) is 5.75 Å². The second-order valence-corrected chi connectivity index (χ2v) is 8.91. The van der Waals surface area contributed by atoms with Crippen molar-refractivity contribution in [3.05, 3.63) is 89.5 Å². The van der Waals surface area contributed by atoms with Crippen LogP contribution in [0.15, 0.2) is 77.7 Å². The topological polar surface area (TPSA) is 75.7 Å². The van der Waals surface area contributed by atoms with Gasteiger partial charge in [0, 0.05) is 30.4 Å². The summed E-state index contributed by atoms with van der Waals surface area (Å²) in [6, 6.07) is 20.7. The third-order valence-corrected chi connectivity index (χ3v) is 6.60. The molecule has 0 radical (unpaired) electrons. The van der Waals surface area contributed by atoms with Crippen LogP contribution in [0.25, 0.3) is 0 Å². The highest BCUT2D eigenvalue weighted by Gasteiger charge is 2.22. The molecule has 0 heterocycles. The molecule has 0 spiro atoms. The summed E-state index contributed by atoms with van der Waals surface area (Å²) in [6.45, 7) is 1.98. The van der Waals surface area contributed by atoms with Crippen LogP contribution in [0.1, 0.15) is 21.5 Å². The summed E-state index contributed by atoms with van der Waals surface area (Å²) in [5.74, 6) is 0.235. The molecule has 0 aromatic heterocycles. The van der Waals surface area contributed by atoms with Gasteiger partial charge in [-0.25, -0.2) is 8.42 Å². The summed E-state index contributed by atoms with van der Waals surface area (Å²) >= 11 is 0. The lowest BCUT2D eigenvalue weighted by Gasteiger charge is -2.19. The van der Waals surface area contributed by atoms with Crippen LogP contribution in [0.4, 0.5) is 5.69 Å². The smallest absolute Gasteiger partial charge is 0.255 e. The Hall–Kier alpha value is -3.16. The molecule has 0 atom stereocenters. The molecule has 0 fully saturated rings. The molecule has 7 heteroatoms. The minimum Gasteiger partial charge on any atom is -0.496 e. The maximum absolute atomic E-state index is 12.8. The Morgan fingerprint density at radius 1 is 1.00 bits per heavy atom. The number of aryl methyl sites for hydroxylation is 1. The van der Waals surface area contributed by atoms with E-state index in [-0.39, 0.29) is 17.3 Å². The van der Waals surface area contributed by atoms with Gasteiger partial charge >= 0.3 is 0 Å². The van der Waals surface area contributed by atoms with Crippen molar-refractivity contribution in [2.24, 2.45) is 0 Å². The van der Waals surface area contributed by atoms with Gasteiger partial charge < -0.3 is 10.1 Å². The molecule has 6 nitrogen and oxygen atoms in total. The summed E-state index contributed by atoms with van der Waals surface area (Å²) < 4.78 is 32.3. The van der Waals surface area contributed by atoms with E-state index in [0.717, 1.165) is 11.3 Å². The van der Waals surface area contributed by atoms with Gasteiger partial charge in [-0.1, -0.05) is 36.4 Å². The van der Waals surface area contributed by atoms with E-state index in [1.807, 2.05) is 31.2 Å². The van der Waals surface area contributed by atoms with Crippen molar-refractivity contribution in [1.82, 2.24) is 4.31 Å². The Morgan fingerprint density at radius 2 is 1.67 bits per heavy atom. The van der Waals surface area contributed by atoms with Gasteiger partial charge in [0.25, 0.3) is 5.91 Å². The highest BCUT2D eigenvalue weighted by Crippen LogP contribution is 2.25. The average molecular weight is 425 g/mol. The molecule has 3 aromatic carbocycles. The highest BCUT2D eigenvalue weighted by atomic mass is 32.2. The molecule has 0 aliphatic heterocycles. The highest BCUT2D eigenvalue weighted by molar-refractivity contribution is 7.89. The minimum absolute atomic E-state index is 0.0614. The van der Waals surface area contributed by atoms with Gasteiger partial charge in [0.15, 0.2) is 0 Å². The number of carbonyl (C=O) groups excluding carboxylic acids is 1. The fraction of sp³-hybridized carbons (Fsp3) is 0.174. The standard InChI is InChI=1S/C23H24N2O4S/c1-17-9-7-8-12-21(17)24-23(26)18-13-14-22(29-3)19(15-18)16-25(2)30(27,28)20-10-5-4-6-11-20/h4-15H,16H2,1-3H3,(H,24,26). The molecule has 0 saturated carbocycles. The van der Waals surface area contributed by atoms with Crippen LogP contribution in [0.3, 0.4) is 0 Å². The van der Waals surface area contributed by atoms with E-state index >= 15 is 0 Å². The van der Waals surface area contributed by atoms with Crippen molar-refractivity contribution >= 4 is 21.6 Å². The third-order valence-electron chi connectivity index (χ3n) is 4.78. The number of nitrogens with zero attached hydrogens (tertiary/aromatic N) is 1. The van der Waals surface area contributed by atoms with Crippen LogP contribution in [-0.2, 0) is 16.6 Å². The Balaban J connectivity index is 1.86. The van der Waals surface area contributed by atoms with Gasteiger partial charge in [0.1, 0.15) is 5.75 Å². The van der Waals surface area contributed by atoms with Crippen LogP contribution in [-0.4, -0.2) is 32.8 Å². The fourth-order valence-electron chi connectivity index (χ4n) is 3.05. The monoisotopic (exact) mass is 424 g/mol. The fourth-order valence-corrected chi connectivity index (χ4v) is 4.22. The summed E-state index contributed by atoms with van der Waals surface area (Å²) in [5.41, 5.74) is 2.69. The molecule has 0 saturated heterocycles. The van der Waals surface area contributed by atoms with Gasteiger partial charge in [-0.3, -0.25) is 4.79 Å². The third kappa shape index (κ3) is 4.69. The molecule has 0 bridgehead atoms. The number of rotatable bonds is 7. The number of para-hydroxylation sites is 1. The van der Waals surface area contributed by atoms with Gasteiger partial charge in [-0.15, -0.1) is 0 Å². The number of methoxy groups -OCH3 is 1. The molecule has 0 unspecified atom stereocenters. The van der Waals surface area contributed by atoms with Crippen LogP contribution in [0.2, 0.25) is 0 Å². The summed E-state index contributed by atoms with van der Waals surface area (Å²) in [5, 5.41) is 2.89. The zero-order valence-corrected chi connectivity index (χ0v) is 17.9. The number of hydrogen-bond donors (Lipinski definition) is 1. The Labute approximate surface area is 177 Å². The largest absolute Gasteiger partial charge is 0.496 e. The predicted molar refractivity (Wildman–Crippen MR) is 117 cm³/mol. The Morgan fingerprint density at radius 3 is 2.33 bits per heavy atom. The number of nitrogens with one attached hydrogen (secondary N) is 1. The lowest BCUT2D eigenvalue weighted by molar-refractivity contribution is 0.102. The molecule has 30 heavy (non-hydrogen) atoms. The zero-order valence-electron chi connectivity index (χ0n) is 17.1. The molecule has 3 aromatic rings. The van der Waals surface area contributed by atoms with E-state index in [0.29, 0.717) is 16.9 Å². The second kappa shape index (κ2) is 9.11. The maximum Gasteiger partial charge on any atom is 0.255 e. The van der Waals surface area contributed by atoms with Crippen LogP contribution in [0, 0.1) is 6.92 Å². The molecule has 1 N–H and O–H groups in total. The lowest BCUT2D eigenvalue weighted by Crippen LogP contribution is -2.27. The number of ether oxygens (including phenoxy) is 1. The number of amides is 1. The van der Waals surface area contributed by atoms with Crippen molar-refractivity contribution < 1.29 is 17.9 Å². The van der Waals surface area contributed by atoms with Gasteiger partial charge in [-0.05, 0) is 48.9 Å². The molecule has 1 amide bonds. The van der Waals surface area contributed by atoms with Crippen LogP contribution >= 0.6 is 0 Å². The second-order valence-electron chi connectivity index (χ2n) is 6.87. The minimum atomic E-state index is -3.67. The van der Waals surface area contributed by atoms with Gasteiger partial charge in [-0.2, -0.15) is 4.31 Å². The van der Waals surface area contributed by atoms with E-state index < -0.39 is 10.0 Å². The maximum atomic E-state index is 12.8. The first kappa shape index (κ1) is 21.5. The first-order valence-corrected chi connectivity index (χ1v) is 10.8. The quantitative estimate of drug-likeness (QED) is 0.620. The molecular weight excluding hydrogens is 400 g/mol. The van der Waals surface area contributed by atoms with Crippen molar-refractivity contribution in [2.45, 2.75) is 18.4 Å². The molecule has 0 aliphatic rings. The van der Waals surface area contributed by atoms with Crippen molar-refractivity contribution in [3.63, 3.8) is 0 Å². The van der Waals surface area contributed by atoms with E-state index in [1.165, 1.54) is 18.5 Å². The molecule has 0 aliphatic carbocycles. The van der Waals surface area contributed by atoms with Crippen LogP contribution < -0.4 is 10.1 Å². The van der Waals surface area contributed by atoms with Crippen molar-refractivity contribution in [2.75, 3.05) is 19.5 Å². The summed E-state index contributed by atoms with van der Waals surface area (Å²) in [6.07, 6.45) is 0. The SMILES string of the molecule is COc1ccc(C(=O)Nc2ccccc2C)cc1CN(C)S(=O)(=O)c1ccccc1. The molecule has 156 valence electrons. The summed E-state index contributed by atoms with van der Waals surface area (Å²) in [4.78, 5) is 12.9. The van der Waals surface area contributed by atoms with E-state index in [9.17, 15) is 13.2 Å². The van der Waals surface area contributed by atoms with Gasteiger partial charge in [0.05, 0.1) is 12.0 Å². The number of benzene rings is 3. The van der Waals surface area contributed by atoms with Crippen molar-refractivity contribution in [1.29, 1.82) is 0 Å². The predicted octanol–water partition coefficient (Wildman–Crippen LogP) is 4.08. The lowest BCUT2D eigenvalue weighted by atomic mass is 10.1. The summed E-state index contributed by atoms with van der Waals surface area (Å²) in [7, 11) is -0.659. The first-order valence-electron chi connectivity index (χ1n) is 9.38. The zero-order chi connectivity index (χ0) is 21.7. The van der Waals surface area contributed by atoms with Crippen LogP contribution in [0.5, 0.6) is 5.75 Å². The molecule has 3 rings (SSSR count).